The van der Waals surface area contributed by atoms with E-state index in [1.807, 2.05) is 5.38 Å². The summed E-state index contributed by atoms with van der Waals surface area (Å²) >= 11 is 1.35. The zero-order valence-electron chi connectivity index (χ0n) is 16.1. The van der Waals surface area contributed by atoms with Crippen LogP contribution < -0.4 is 11.2 Å². The van der Waals surface area contributed by atoms with Gasteiger partial charge in [0.15, 0.2) is 5.78 Å². The lowest BCUT2D eigenvalue weighted by Gasteiger charge is -2.31. The van der Waals surface area contributed by atoms with Crippen molar-refractivity contribution in [2.24, 2.45) is 13.0 Å². The maximum atomic E-state index is 13.1. The normalized spacial score (nSPS) is 15.8. The lowest BCUT2D eigenvalue weighted by molar-refractivity contribution is 0.0837. The predicted molar refractivity (Wildman–Crippen MR) is 111 cm³/mol. The predicted octanol–water partition coefficient (Wildman–Crippen LogP) is 2.50. The smallest absolute Gasteiger partial charge is 0.302 e. The molecule has 8 heteroatoms. The van der Waals surface area contributed by atoms with Crippen molar-refractivity contribution in [1.29, 1.82) is 0 Å². The lowest BCUT2D eigenvalue weighted by atomic mass is 9.89. The highest BCUT2D eigenvalue weighted by Gasteiger charge is 2.26. The van der Waals surface area contributed by atoms with Crippen LogP contribution in [0.3, 0.4) is 0 Å². The van der Waals surface area contributed by atoms with Gasteiger partial charge in [-0.1, -0.05) is 0 Å². The minimum Gasteiger partial charge on any atom is -0.302 e. The molecule has 1 fully saturated rings. The summed E-state index contributed by atoms with van der Waals surface area (Å²) < 4.78 is 16.5. The highest BCUT2D eigenvalue weighted by atomic mass is 32.1. The molecule has 29 heavy (non-hydrogen) atoms. The summed E-state index contributed by atoms with van der Waals surface area (Å²) in [5, 5.41) is 1.82. The second kappa shape index (κ2) is 8.04. The van der Waals surface area contributed by atoms with E-state index >= 15 is 0 Å². The van der Waals surface area contributed by atoms with Gasteiger partial charge in [0.1, 0.15) is 10.5 Å². The Morgan fingerprint density at radius 1 is 1.10 bits per heavy atom. The molecule has 1 aliphatic rings. The quantitative estimate of drug-likeness (QED) is 0.601. The van der Waals surface area contributed by atoms with Crippen LogP contribution in [-0.4, -0.2) is 39.5 Å². The fraction of sp³-hybridized carbons (Fsp3) is 0.381. The van der Waals surface area contributed by atoms with Crippen molar-refractivity contribution in [2.45, 2.75) is 19.4 Å². The SMILES string of the molecule is Cn1c(=O)n(CCN2CCC(C(=O)c3ccc(F)cc3)CC2)c(=O)c2sccc21. The summed E-state index contributed by atoms with van der Waals surface area (Å²) in [5.41, 5.74) is 0.673. The van der Waals surface area contributed by atoms with Crippen molar-refractivity contribution in [3.05, 3.63) is 67.9 Å². The van der Waals surface area contributed by atoms with Crippen molar-refractivity contribution < 1.29 is 9.18 Å². The molecule has 0 aliphatic carbocycles. The van der Waals surface area contributed by atoms with Gasteiger partial charge >= 0.3 is 5.69 Å². The first-order valence-electron chi connectivity index (χ1n) is 9.65. The van der Waals surface area contributed by atoms with E-state index in [1.54, 1.807) is 13.1 Å². The minimum absolute atomic E-state index is 0.0536. The topological polar surface area (TPSA) is 64.3 Å². The maximum absolute atomic E-state index is 13.1. The average molecular weight is 415 g/mol. The number of carbonyl (C=O) groups is 1. The molecular formula is C21H22FN3O3S. The fourth-order valence-electron chi connectivity index (χ4n) is 3.93. The lowest BCUT2D eigenvalue weighted by Crippen LogP contribution is -2.43. The third-order valence-corrected chi connectivity index (χ3v) is 6.58. The first kappa shape index (κ1) is 19.7. The largest absolute Gasteiger partial charge is 0.331 e. The summed E-state index contributed by atoms with van der Waals surface area (Å²) in [4.78, 5) is 39.9. The van der Waals surface area contributed by atoms with Gasteiger partial charge in [-0.15, -0.1) is 11.3 Å². The number of benzene rings is 1. The Morgan fingerprint density at radius 3 is 2.48 bits per heavy atom. The fourth-order valence-corrected chi connectivity index (χ4v) is 4.80. The van der Waals surface area contributed by atoms with Crippen molar-refractivity contribution >= 4 is 27.3 Å². The third kappa shape index (κ3) is 3.82. The van der Waals surface area contributed by atoms with Crippen LogP contribution in [0.1, 0.15) is 23.2 Å². The van der Waals surface area contributed by atoms with Crippen molar-refractivity contribution in [3.63, 3.8) is 0 Å². The molecule has 1 aliphatic heterocycles. The third-order valence-electron chi connectivity index (χ3n) is 5.69. The molecule has 1 aromatic carbocycles. The number of halogens is 1. The number of aromatic nitrogens is 2. The second-order valence-corrected chi connectivity index (χ2v) is 8.34. The monoisotopic (exact) mass is 415 g/mol. The van der Waals surface area contributed by atoms with Gasteiger partial charge < -0.3 is 4.90 Å². The number of hydrogen-bond acceptors (Lipinski definition) is 5. The van der Waals surface area contributed by atoms with Crippen LogP contribution in [0.2, 0.25) is 0 Å². The molecule has 0 saturated carbocycles. The van der Waals surface area contributed by atoms with Gasteiger partial charge in [0.2, 0.25) is 0 Å². The van der Waals surface area contributed by atoms with Gasteiger partial charge in [0, 0.05) is 31.6 Å². The van der Waals surface area contributed by atoms with E-state index in [0.29, 0.717) is 41.7 Å². The Morgan fingerprint density at radius 2 is 1.79 bits per heavy atom. The Bertz CT molecular complexity index is 1150. The van der Waals surface area contributed by atoms with Crippen molar-refractivity contribution in [3.8, 4) is 0 Å². The highest BCUT2D eigenvalue weighted by Crippen LogP contribution is 2.22. The first-order valence-corrected chi connectivity index (χ1v) is 10.5. The Balaban J connectivity index is 1.39. The Hall–Kier alpha value is -2.58. The summed E-state index contributed by atoms with van der Waals surface area (Å²) in [5.74, 6) is -0.369. The van der Waals surface area contributed by atoms with Crippen LogP contribution in [0.4, 0.5) is 4.39 Å². The molecule has 0 N–H and O–H groups in total. The number of ketones is 1. The van der Waals surface area contributed by atoms with E-state index in [1.165, 1.54) is 44.7 Å². The second-order valence-electron chi connectivity index (χ2n) is 7.42. The molecule has 0 bridgehead atoms. The molecule has 4 rings (SSSR count). The number of nitrogens with zero attached hydrogens (tertiary/aromatic N) is 3. The number of likely N-dealkylation sites (tertiary alicyclic amines) is 1. The highest BCUT2D eigenvalue weighted by molar-refractivity contribution is 7.17. The minimum atomic E-state index is -0.349. The molecule has 0 radical (unpaired) electrons. The molecule has 2 aromatic heterocycles. The molecule has 0 amide bonds. The van der Waals surface area contributed by atoms with Gasteiger partial charge in [-0.3, -0.25) is 18.7 Å². The molecule has 0 atom stereocenters. The summed E-state index contributed by atoms with van der Waals surface area (Å²) in [6.07, 6.45) is 1.43. The zero-order chi connectivity index (χ0) is 20.5. The molecule has 6 nitrogen and oxygen atoms in total. The number of rotatable bonds is 5. The van der Waals surface area contributed by atoms with E-state index in [-0.39, 0.29) is 28.8 Å². The molecule has 0 spiro atoms. The van der Waals surface area contributed by atoms with Crippen LogP contribution in [-0.2, 0) is 13.6 Å². The maximum Gasteiger partial charge on any atom is 0.331 e. The van der Waals surface area contributed by atoms with Gasteiger partial charge in [-0.2, -0.15) is 0 Å². The van der Waals surface area contributed by atoms with Crippen LogP contribution >= 0.6 is 11.3 Å². The van der Waals surface area contributed by atoms with E-state index in [4.69, 9.17) is 0 Å². The average Bonchev–Trinajstić information content (AvgIpc) is 3.23. The number of hydrogen-bond donors (Lipinski definition) is 0. The number of thiophene rings is 1. The first-order chi connectivity index (χ1) is 14.0. The van der Waals surface area contributed by atoms with Gasteiger partial charge in [-0.25, -0.2) is 9.18 Å². The Labute approximate surface area is 170 Å². The number of Topliss-reactive ketones (excluding diaryl/α,β-unsaturated/α-hetero) is 1. The zero-order valence-corrected chi connectivity index (χ0v) is 17.0. The summed E-state index contributed by atoms with van der Waals surface area (Å²) in [6, 6.07) is 7.48. The van der Waals surface area contributed by atoms with Crippen LogP contribution in [0.15, 0.2) is 45.3 Å². The number of carbonyl (C=O) groups excluding carboxylic acids is 1. The van der Waals surface area contributed by atoms with E-state index < -0.39 is 0 Å². The molecule has 1 saturated heterocycles. The Kier molecular flexibility index (Phi) is 5.47. The van der Waals surface area contributed by atoms with Crippen LogP contribution in [0.5, 0.6) is 0 Å². The molecule has 3 heterocycles. The molecule has 0 unspecified atom stereocenters. The van der Waals surface area contributed by atoms with E-state index in [0.717, 1.165) is 13.1 Å². The van der Waals surface area contributed by atoms with Crippen LogP contribution in [0, 0.1) is 11.7 Å². The van der Waals surface area contributed by atoms with Crippen molar-refractivity contribution in [1.82, 2.24) is 14.0 Å². The van der Waals surface area contributed by atoms with Gasteiger partial charge in [-0.05, 0) is 61.6 Å². The number of piperidine rings is 1. The van der Waals surface area contributed by atoms with E-state index in [2.05, 4.69) is 4.90 Å². The molecule has 3 aromatic rings. The molecule has 152 valence electrons. The standard InChI is InChI=1S/C21H22FN3O3S/c1-23-17-8-13-29-19(17)20(27)25(21(23)28)12-11-24-9-6-15(7-10-24)18(26)14-2-4-16(22)5-3-14/h2-5,8,13,15H,6-7,9-12H2,1H3. The number of fused-ring (bicyclic) bond motifs is 1. The summed E-state index contributed by atoms with van der Waals surface area (Å²) in [7, 11) is 1.68. The van der Waals surface area contributed by atoms with Gasteiger partial charge in [0.25, 0.3) is 5.56 Å². The van der Waals surface area contributed by atoms with Crippen LogP contribution in [0.25, 0.3) is 10.2 Å². The van der Waals surface area contributed by atoms with E-state index in [9.17, 15) is 18.8 Å². The summed E-state index contributed by atoms with van der Waals surface area (Å²) in [6.45, 7) is 2.38. The molecular weight excluding hydrogens is 393 g/mol. The van der Waals surface area contributed by atoms with Crippen molar-refractivity contribution in [2.75, 3.05) is 19.6 Å². The van der Waals surface area contributed by atoms with Gasteiger partial charge in [0.05, 0.1) is 5.52 Å². The number of aryl methyl sites for hydroxylation is 1.